The maximum Gasteiger partial charge on any atom is 0.282 e. The molecule has 23 heavy (non-hydrogen) atoms. The zero-order valence-electron chi connectivity index (χ0n) is 12.3. The fourth-order valence-corrected chi connectivity index (χ4v) is 2.38. The number of nitro groups is 1. The van der Waals surface area contributed by atoms with E-state index in [9.17, 15) is 14.9 Å². The highest BCUT2D eigenvalue weighted by molar-refractivity contribution is 6.10. The van der Waals surface area contributed by atoms with Gasteiger partial charge in [0.1, 0.15) is 5.56 Å². The van der Waals surface area contributed by atoms with E-state index in [-0.39, 0.29) is 11.3 Å². The number of amides is 1. The van der Waals surface area contributed by atoms with Crippen LogP contribution in [0, 0.1) is 17.0 Å². The minimum Gasteiger partial charge on any atom is -0.320 e. The van der Waals surface area contributed by atoms with Crippen LogP contribution >= 0.6 is 0 Å². The van der Waals surface area contributed by atoms with E-state index in [0.717, 1.165) is 10.9 Å². The fourth-order valence-electron chi connectivity index (χ4n) is 2.38. The van der Waals surface area contributed by atoms with Gasteiger partial charge in [0.15, 0.2) is 0 Å². The van der Waals surface area contributed by atoms with Crippen molar-refractivity contribution in [1.29, 1.82) is 0 Å². The molecule has 0 saturated carbocycles. The molecule has 0 aliphatic heterocycles. The van der Waals surface area contributed by atoms with Gasteiger partial charge in [0.05, 0.1) is 16.1 Å². The molecule has 1 N–H and O–H groups in total. The van der Waals surface area contributed by atoms with E-state index >= 15 is 0 Å². The highest BCUT2D eigenvalue weighted by Gasteiger charge is 2.20. The van der Waals surface area contributed by atoms with Crippen LogP contribution in [0.4, 0.5) is 11.4 Å². The third kappa shape index (κ3) is 2.87. The number of nitrogens with zero attached hydrogens (tertiary/aromatic N) is 2. The molecule has 1 heterocycles. The lowest BCUT2D eigenvalue weighted by Crippen LogP contribution is -2.14. The zero-order chi connectivity index (χ0) is 16.4. The number of hydrogen-bond acceptors (Lipinski definition) is 4. The van der Waals surface area contributed by atoms with Gasteiger partial charge in [0.2, 0.25) is 0 Å². The summed E-state index contributed by atoms with van der Waals surface area (Å²) in [5.74, 6) is -0.533. The average molecular weight is 307 g/mol. The Morgan fingerprint density at radius 1 is 1.17 bits per heavy atom. The number of nitro benzene ring substituents is 1. The third-order valence-electron chi connectivity index (χ3n) is 3.48. The highest BCUT2D eigenvalue weighted by atomic mass is 16.6. The monoisotopic (exact) mass is 307 g/mol. The van der Waals surface area contributed by atoms with Crippen molar-refractivity contribution < 1.29 is 9.72 Å². The van der Waals surface area contributed by atoms with Gasteiger partial charge in [-0.25, -0.2) is 0 Å². The number of para-hydroxylation sites is 1. The third-order valence-corrected chi connectivity index (χ3v) is 3.48. The minimum absolute atomic E-state index is 0.0218. The normalized spacial score (nSPS) is 10.5. The molecule has 3 rings (SSSR count). The summed E-state index contributed by atoms with van der Waals surface area (Å²) in [6.07, 6.45) is 1.63. The van der Waals surface area contributed by atoms with Crippen LogP contribution in [0.1, 0.15) is 15.9 Å². The Hall–Kier alpha value is -3.28. The van der Waals surface area contributed by atoms with Crippen LogP contribution in [0.15, 0.2) is 54.7 Å². The van der Waals surface area contributed by atoms with E-state index in [0.29, 0.717) is 11.2 Å². The molecule has 3 aromatic rings. The van der Waals surface area contributed by atoms with Crippen molar-refractivity contribution in [3.63, 3.8) is 0 Å². The lowest BCUT2D eigenvalue weighted by molar-refractivity contribution is -0.385. The second-order valence-electron chi connectivity index (χ2n) is 5.11. The number of anilines is 1. The van der Waals surface area contributed by atoms with Gasteiger partial charge < -0.3 is 5.32 Å². The number of nitrogens with one attached hydrogen (secondary N) is 1. The Bertz CT molecular complexity index is 917. The summed E-state index contributed by atoms with van der Waals surface area (Å²) in [5.41, 5.74) is 1.69. The van der Waals surface area contributed by atoms with E-state index in [1.54, 1.807) is 37.4 Å². The molecular weight excluding hydrogens is 294 g/mol. The number of fused-ring (bicyclic) bond motifs is 1. The number of benzene rings is 2. The number of aryl methyl sites for hydroxylation is 1. The second kappa shape index (κ2) is 5.84. The van der Waals surface area contributed by atoms with Crippen LogP contribution < -0.4 is 5.32 Å². The molecule has 114 valence electrons. The Labute approximate surface area is 131 Å². The quantitative estimate of drug-likeness (QED) is 0.590. The Morgan fingerprint density at radius 2 is 1.96 bits per heavy atom. The number of aromatic nitrogens is 1. The molecule has 1 amide bonds. The summed E-state index contributed by atoms with van der Waals surface area (Å²) < 4.78 is 0. The summed E-state index contributed by atoms with van der Waals surface area (Å²) >= 11 is 0. The van der Waals surface area contributed by atoms with E-state index in [1.807, 2.05) is 12.1 Å². The number of carbonyl (C=O) groups is 1. The number of pyridine rings is 1. The van der Waals surface area contributed by atoms with E-state index in [1.165, 1.54) is 12.1 Å². The molecule has 0 aliphatic rings. The smallest absolute Gasteiger partial charge is 0.282 e. The van der Waals surface area contributed by atoms with Gasteiger partial charge in [-0.15, -0.1) is 0 Å². The Morgan fingerprint density at radius 3 is 2.74 bits per heavy atom. The minimum atomic E-state index is -0.552. The first-order chi connectivity index (χ1) is 11.1. The molecule has 0 fully saturated rings. The maximum atomic E-state index is 12.5. The van der Waals surface area contributed by atoms with Crippen LogP contribution in [0.25, 0.3) is 10.9 Å². The van der Waals surface area contributed by atoms with Crippen LogP contribution in [0.2, 0.25) is 0 Å². The average Bonchev–Trinajstić information content (AvgIpc) is 2.55. The standard InChI is InChI=1S/C17H13N3O3/c1-11-7-8-13(15(10-11)20(22)23)17(21)19-14-6-2-4-12-5-3-9-18-16(12)14/h2-10H,1H3,(H,19,21). The molecule has 2 aromatic carbocycles. The maximum absolute atomic E-state index is 12.5. The van der Waals surface area contributed by atoms with E-state index in [4.69, 9.17) is 0 Å². The van der Waals surface area contributed by atoms with Crippen LogP contribution in [0.3, 0.4) is 0 Å². The predicted octanol–water partition coefficient (Wildman–Crippen LogP) is 3.70. The fraction of sp³-hybridized carbons (Fsp3) is 0.0588. The van der Waals surface area contributed by atoms with Crippen molar-refractivity contribution in [2.45, 2.75) is 6.92 Å². The van der Waals surface area contributed by atoms with E-state index < -0.39 is 10.8 Å². The molecular formula is C17H13N3O3. The molecule has 6 heteroatoms. The largest absolute Gasteiger partial charge is 0.320 e. The first-order valence-corrected chi connectivity index (χ1v) is 6.96. The highest BCUT2D eigenvalue weighted by Crippen LogP contribution is 2.24. The van der Waals surface area contributed by atoms with Crippen molar-refractivity contribution in [2.24, 2.45) is 0 Å². The molecule has 6 nitrogen and oxygen atoms in total. The second-order valence-corrected chi connectivity index (χ2v) is 5.11. The lowest BCUT2D eigenvalue weighted by Gasteiger charge is -2.08. The molecule has 0 aliphatic carbocycles. The molecule has 0 atom stereocenters. The van der Waals surface area contributed by atoms with Crippen LogP contribution in [-0.2, 0) is 0 Å². The van der Waals surface area contributed by atoms with Gasteiger partial charge in [-0.3, -0.25) is 19.9 Å². The van der Waals surface area contributed by atoms with Crippen molar-refractivity contribution in [3.8, 4) is 0 Å². The van der Waals surface area contributed by atoms with Crippen molar-refractivity contribution in [1.82, 2.24) is 4.98 Å². The summed E-state index contributed by atoms with van der Waals surface area (Å²) in [6.45, 7) is 1.74. The van der Waals surface area contributed by atoms with Gasteiger partial charge in [0.25, 0.3) is 11.6 Å². The van der Waals surface area contributed by atoms with Crippen LogP contribution in [0.5, 0.6) is 0 Å². The lowest BCUT2D eigenvalue weighted by atomic mass is 10.1. The summed E-state index contributed by atoms with van der Waals surface area (Å²) in [7, 11) is 0. The summed E-state index contributed by atoms with van der Waals surface area (Å²) in [6, 6.07) is 13.6. The molecule has 0 saturated heterocycles. The first kappa shape index (κ1) is 14.6. The number of hydrogen-bond donors (Lipinski definition) is 1. The number of rotatable bonds is 3. The SMILES string of the molecule is Cc1ccc(C(=O)Nc2cccc3cccnc23)c([N+](=O)[O-])c1. The topological polar surface area (TPSA) is 85.1 Å². The first-order valence-electron chi connectivity index (χ1n) is 6.96. The van der Waals surface area contributed by atoms with Crippen molar-refractivity contribution in [2.75, 3.05) is 5.32 Å². The molecule has 0 unspecified atom stereocenters. The van der Waals surface area contributed by atoms with Crippen LogP contribution in [-0.4, -0.2) is 15.8 Å². The Balaban J connectivity index is 2.00. The predicted molar refractivity (Wildman–Crippen MR) is 87.5 cm³/mol. The summed E-state index contributed by atoms with van der Waals surface area (Å²) in [4.78, 5) is 27.3. The van der Waals surface area contributed by atoms with Gasteiger partial charge in [-0.2, -0.15) is 0 Å². The molecule has 0 bridgehead atoms. The molecule has 0 spiro atoms. The summed E-state index contributed by atoms with van der Waals surface area (Å²) in [5, 5.41) is 14.7. The van der Waals surface area contributed by atoms with Crippen molar-refractivity contribution in [3.05, 3.63) is 76.0 Å². The molecule has 1 aromatic heterocycles. The van der Waals surface area contributed by atoms with E-state index in [2.05, 4.69) is 10.3 Å². The van der Waals surface area contributed by atoms with Crippen molar-refractivity contribution >= 4 is 28.2 Å². The zero-order valence-corrected chi connectivity index (χ0v) is 12.3. The van der Waals surface area contributed by atoms with Gasteiger partial charge in [-0.05, 0) is 30.7 Å². The van der Waals surface area contributed by atoms with Gasteiger partial charge >= 0.3 is 0 Å². The Kier molecular flexibility index (Phi) is 3.72. The van der Waals surface area contributed by atoms with Gasteiger partial charge in [0, 0.05) is 17.6 Å². The number of carbonyl (C=O) groups excluding carboxylic acids is 1. The van der Waals surface area contributed by atoms with Gasteiger partial charge in [-0.1, -0.05) is 24.3 Å². The molecule has 0 radical (unpaired) electrons.